The Labute approximate surface area is 188 Å². The number of aliphatic hydroxyl groups is 1. The second kappa shape index (κ2) is 7.85. The molecule has 1 N–H and O–H groups in total. The molecule has 1 saturated heterocycles. The minimum absolute atomic E-state index is 0.0140. The first kappa shape index (κ1) is 20.9. The van der Waals surface area contributed by atoms with E-state index < -0.39 is 35.1 Å². The number of Topliss-reactive ketones (excluding diaryl/α,β-unsaturated/α-hetero) is 1. The molecule has 33 heavy (non-hydrogen) atoms. The average molecular weight is 447 g/mol. The standard InChI is InChI=1S/C26H19F2NO4/c1-14-12-16-13-15(6-11-21(16)33-14)24(30)22-23(19-4-2-3-5-20(19)28)29(26(32)25(22)31)18-9-7-17(27)8-10-18/h2-11,13-14,23,30H,12H2,1H3/b24-22+. The first-order valence-corrected chi connectivity index (χ1v) is 10.5. The number of benzene rings is 3. The monoisotopic (exact) mass is 447 g/mol. The molecule has 2 unspecified atom stereocenters. The molecular weight excluding hydrogens is 428 g/mol. The molecule has 5 nitrogen and oxygen atoms in total. The summed E-state index contributed by atoms with van der Waals surface area (Å²) < 4.78 is 34.1. The van der Waals surface area contributed by atoms with Crippen LogP contribution in [0.5, 0.6) is 5.75 Å². The van der Waals surface area contributed by atoms with Crippen molar-refractivity contribution in [3.8, 4) is 5.75 Å². The van der Waals surface area contributed by atoms with Crippen LogP contribution >= 0.6 is 0 Å². The van der Waals surface area contributed by atoms with Gasteiger partial charge in [-0.05, 0) is 61.0 Å². The zero-order chi connectivity index (χ0) is 23.3. The van der Waals surface area contributed by atoms with Gasteiger partial charge in [-0.1, -0.05) is 18.2 Å². The number of nitrogens with zero attached hydrogens (tertiary/aromatic N) is 1. The number of anilines is 1. The van der Waals surface area contributed by atoms with E-state index in [1.54, 1.807) is 24.3 Å². The van der Waals surface area contributed by atoms with Crippen LogP contribution in [0.1, 0.15) is 29.7 Å². The van der Waals surface area contributed by atoms with Gasteiger partial charge in [0.25, 0.3) is 11.7 Å². The predicted molar refractivity (Wildman–Crippen MR) is 118 cm³/mol. The molecule has 7 heteroatoms. The minimum Gasteiger partial charge on any atom is -0.507 e. The molecule has 2 aliphatic heterocycles. The first-order chi connectivity index (χ1) is 15.8. The normalized spacial score (nSPS) is 21.2. The molecule has 1 fully saturated rings. The van der Waals surface area contributed by atoms with Gasteiger partial charge in [-0.25, -0.2) is 8.78 Å². The molecule has 3 aromatic carbocycles. The Hall–Kier alpha value is -4.00. The van der Waals surface area contributed by atoms with Gasteiger partial charge in [0.2, 0.25) is 0 Å². The smallest absolute Gasteiger partial charge is 0.300 e. The Morgan fingerprint density at radius 1 is 1.03 bits per heavy atom. The Balaban J connectivity index is 1.70. The minimum atomic E-state index is -1.22. The van der Waals surface area contributed by atoms with Gasteiger partial charge in [-0.15, -0.1) is 0 Å². The number of carbonyl (C=O) groups excluding carboxylic acids is 2. The van der Waals surface area contributed by atoms with Crippen LogP contribution in [0.3, 0.4) is 0 Å². The number of ether oxygens (including phenoxy) is 1. The van der Waals surface area contributed by atoms with Crippen molar-refractivity contribution in [2.24, 2.45) is 0 Å². The van der Waals surface area contributed by atoms with Crippen molar-refractivity contribution in [1.82, 2.24) is 0 Å². The summed E-state index contributed by atoms with van der Waals surface area (Å²) in [7, 11) is 0. The van der Waals surface area contributed by atoms with E-state index in [1.165, 1.54) is 30.3 Å². The van der Waals surface area contributed by atoms with E-state index >= 15 is 0 Å². The number of ketones is 1. The predicted octanol–water partition coefficient (Wildman–Crippen LogP) is 4.91. The maximum Gasteiger partial charge on any atom is 0.300 e. The zero-order valence-electron chi connectivity index (χ0n) is 17.6. The van der Waals surface area contributed by atoms with Crippen LogP contribution < -0.4 is 9.64 Å². The summed E-state index contributed by atoms with van der Waals surface area (Å²) in [6, 6.07) is 14.5. The lowest BCUT2D eigenvalue weighted by Crippen LogP contribution is -2.29. The fraction of sp³-hybridized carbons (Fsp3) is 0.154. The fourth-order valence-electron chi connectivity index (χ4n) is 4.42. The lowest BCUT2D eigenvalue weighted by atomic mass is 9.94. The number of halogens is 2. The summed E-state index contributed by atoms with van der Waals surface area (Å²) in [5, 5.41) is 11.2. The second-order valence-electron chi connectivity index (χ2n) is 8.12. The van der Waals surface area contributed by atoms with Crippen LogP contribution in [0.15, 0.2) is 72.3 Å². The van der Waals surface area contributed by atoms with Gasteiger partial charge in [-0.3, -0.25) is 14.5 Å². The van der Waals surface area contributed by atoms with E-state index in [9.17, 15) is 23.5 Å². The van der Waals surface area contributed by atoms with Gasteiger partial charge in [0, 0.05) is 23.2 Å². The van der Waals surface area contributed by atoms with Crippen molar-refractivity contribution >= 4 is 23.1 Å². The van der Waals surface area contributed by atoms with Crippen LogP contribution in [0.2, 0.25) is 0 Å². The Bertz CT molecular complexity index is 1320. The highest BCUT2D eigenvalue weighted by Crippen LogP contribution is 2.43. The van der Waals surface area contributed by atoms with E-state index in [2.05, 4.69) is 0 Å². The summed E-state index contributed by atoms with van der Waals surface area (Å²) in [6.07, 6.45) is 0.622. The van der Waals surface area contributed by atoms with Gasteiger partial charge in [0.15, 0.2) is 0 Å². The zero-order valence-corrected chi connectivity index (χ0v) is 17.6. The maximum absolute atomic E-state index is 14.9. The van der Waals surface area contributed by atoms with E-state index in [0.717, 1.165) is 22.6 Å². The summed E-state index contributed by atoms with van der Waals surface area (Å²) in [6.45, 7) is 1.92. The molecule has 0 saturated carbocycles. The summed E-state index contributed by atoms with van der Waals surface area (Å²) in [5.74, 6) is -2.76. The van der Waals surface area contributed by atoms with E-state index in [0.29, 0.717) is 17.7 Å². The molecule has 166 valence electrons. The van der Waals surface area contributed by atoms with Crippen molar-refractivity contribution in [2.75, 3.05) is 4.90 Å². The van der Waals surface area contributed by atoms with E-state index in [4.69, 9.17) is 4.74 Å². The number of amides is 1. The molecular formula is C26H19F2NO4. The van der Waals surface area contributed by atoms with Gasteiger partial charge in [-0.2, -0.15) is 0 Å². The number of aliphatic hydroxyl groups excluding tert-OH is 1. The number of carbonyl (C=O) groups is 2. The SMILES string of the molecule is CC1Cc2cc(/C(O)=C3\C(=O)C(=O)N(c4ccc(F)cc4)C3c3ccccc3F)ccc2O1. The lowest BCUT2D eigenvalue weighted by Gasteiger charge is -2.25. The topological polar surface area (TPSA) is 66.8 Å². The summed E-state index contributed by atoms with van der Waals surface area (Å²) in [4.78, 5) is 27.3. The maximum atomic E-state index is 14.9. The molecule has 0 radical (unpaired) electrons. The van der Waals surface area contributed by atoms with Crippen molar-refractivity contribution in [3.63, 3.8) is 0 Å². The summed E-state index contributed by atoms with van der Waals surface area (Å²) >= 11 is 0. The third-order valence-electron chi connectivity index (χ3n) is 5.92. The van der Waals surface area contributed by atoms with Crippen LogP contribution in [0.25, 0.3) is 5.76 Å². The van der Waals surface area contributed by atoms with Gasteiger partial charge < -0.3 is 9.84 Å². The van der Waals surface area contributed by atoms with E-state index in [-0.39, 0.29) is 22.9 Å². The molecule has 2 atom stereocenters. The molecule has 2 aliphatic rings. The Kier molecular flexibility index (Phi) is 4.96. The lowest BCUT2D eigenvalue weighted by molar-refractivity contribution is -0.132. The van der Waals surface area contributed by atoms with E-state index in [1.807, 2.05) is 6.92 Å². The highest BCUT2D eigenvalue weighted by atomic mass is 19.1. The molecule has 0 aromatic heterocycles. The van der Waals surface area contributed by atoms with Crippen LogP contribution in [0, 0.1) is 11.6 Å². The fourth-order valence-corrected chi connectivity index (χ4v) is 4.42. The second-order valence-corrected chi connectivity index (χ2v) is 8.12. The quantitative estimate of drug-likeness (QED) is 0.352. The molecule has 0 spiro atoms. The largest absolute Gasteiger partial charge is 0.507 e. The van der Waals surface area contributed by atoms with Crippen molar-refractivity contribution in [2.45, 2.75) is 25.5 Å². The Morgan fingerprint density at radius 3 is 2.48 bits per heavy atom. The van der Waals surface area contributed by atoms with Crippen LogP contribution in [-0.2, 0) is 16.0 Å². The van der Waals surface area contributed by atoms with Gasteiger partial charge >= 0.3 is 0 Å². The highest BCUT2D eigenvalue weighted by Gasteiger charge is 2.47. The molecule has 0 bridgehead atoms. The molecule has 1 amide bonds. The Morgan fingerprint density at radius 2 is 1.76 bits per heavy atom. The molecule has 3 aromatic rings. The highest BCUT2D eigenvalue weighted by molar-refractivity contribution is 6.51. The molecule has 5 rings (SSSR count). The molecule has 2 heterocycles. The van der Waals surface area contributed by atoms with Crippen LogP contribution in [0.4, 0.5) is 14.5 Å². The van der Waals surface area contributed by atoms with Crippen molar-refractivity contribution < 1.29 is 28.2 Å². The van der Waals surface area contributed by atoms with Crippen LogP contribution in [-0.4, -0.2) is 22.9 Å². The van der Waals surface area contributed by atoms with Gasteiger partial charge in [0.05, 0.1) is 11.6 Å². The average Bonchev–Trinajstić information content (AvgIpc) is 3.30. The number of fused-ring (bicyclic) bond motifs is 1. The van der Waals surface area contributed by atoms with Gasteiger partial charge in [0.1, 0.15) is 29.2 Å². The third kappa shape index (κ3) is 3.46. The molecule has 0 aliphatic carbocycles. The van der Waals surface area contributed by atoms with Crippen molar-refractivity contribution in [1.29, 1.82) is 0 Å². The van der Waals surface area contributed by atoms with Crippen molar-refractivity contribution in [3.05, 3.63) is 101 Å². The summed E-state index contributed by atoms with van der Waals surface area (Å²) in [5.41, 5.74) is 1.20. The number of hydrogen-bond donors (Lipinski definition) is 1. The number of rotatable bonds is 3. The third-order valence-corrected chi connectivity index (χ3v) is 5.92. The number of hydrogen-bond acceptors (Lipinski definition) is 4. The first-order valence-electron chi connectivity index (χ1n) is 10.5.